The first kappa shape index (κ1) is 32.1. The van der Waals surface area contributed by atoms with E-state index in [1.54, 1.807) is 37.5 Å². The average Bonchev–Trinajstić information content (AvgIpc) is 3.00. The molecular weight excluding hydrogens is 558 g/mol. The van der Waals surface area contributed by atoms with Gasteiger partial charge in [0.25, 0.3) is 17.4 Å². The number of hydrogen-bond donors (Lipinski definition) is 4. The lowest BCUT2D eigenvalue weighted by Gasteiger charge is -2.20. The lowest BCUT2D eigenvalue weighted by molar-refractivity contribution is 0.0684. The van der Waals surface area contributed by atoms with Crippen molar-refractivity contribution in [3.63, 3.8) is 0 Å². The highest BCUT2D eigenvalue weighted by molar-refractivity contribution is 6.05. The van der Waals surface area contributed by atoms with Gasteiger partial charge in [0, 0.05) is 54.4 Å². The third kappa shape index (κ3) is 7.39. The Balaban J connectivity index is 1.56. The first-order valence-electron chi connectivity index (χ1n) is 14.4. The van der Waals surface area contributed by atoms with E-state index >= 15 is 0 Å². The molecule has 0 fully saturated rings. The molecule has 0 aliphatic carbocycles. The van der Waals surface area contributed by atoms with E-state index in [-0.39, 0.29) is 54.9 Å². The second kappa shape index (κ2) is 13.7. The Hall–Kier alpha value is -4.80. The molecule has 0 spiro atoms. The lowest BCUT2D eigenvalue weighted by atomic mass is 9.86. The topological polar surface area (TPSA) is 137 Å². The van der Waals surface area contributed by atoms with Crippen molar-refractivity contribution < 1.29 is 19.8 Å². The number of aliphatic hydroxyl groups excluding tert-OH is 2. The van der Waals surface area contributed by atoms with Gasteiger partial charge in [0.2, 0.25) is 0 Å². The molecule has 0 radical (unpaired) electrons. The summed E-state index contributed by atoms with van der Waals surface area (Å²) in [7, 11) is 1.64. The highest BCUT2D eigenvalue weighted by atomic mass is 16.3. The molecule has 10 nitrogen and oxygen atoms in total. The minimum atomic E-state index is -0.341. The van der Waals surface area contributed by atoms with Crippen molar-refractivity contribution in [3.8, 4) is 11.3 Å². The number of nitrogens with zero attached hydrogens (tertiary/aromatic N) is 3. The molecule has 0 aliphatic rings. The molecule has 2 amide bonds. The van der Waals surface area contributed by atoms with Crippen LogP contribution in [0.5, 0.6) is 0 Å². The van der Waals surface area contributed by atoms with Crippen molar-refractivity contribution in [1.82, 2.24) is 14.5 Å². The molecule has 3 aromatic carbocycles. The summed E-state index contributed by atoms with van der Waals surface area (Å²) >= 11 is 0. The maximum absolute atomic E-state index is 13.1. The summed E-state index contributed by atoms with van der Waals surface area (Å²) in [5.74, 6) is -0.446. The summed E-state index contributed by atoms with van der Waals surface area (Å²) in [6, 6.07) is 19.6. The van der Waals surface area contributed by atoms with E-state index < -0.39 is 0 Å². The summed E-state index contributed by atoms with van der Waals surface area (Å²) in [5, 5.41) is 24.5. The van der Waals surface area contributed by atoms with Crippen LogP contribution in [0.3, 0.4) is 0 Å². The Morgan fingerprint density at radius 2 is 1.52 bits per heavy atom. The normalized spacial score (nSPS) is 11.2. The molecule has 4 aromatic rings. The van der Waals surface area contributed by atoms with E-state index in [1.807, 2.05) is 49.4 Å². The van der Waals surface area contributed by atoms with Crippen molar-refractivity contribution in [2.75, 3.05) is 36.9 Å². The van der Waals surface area contributed by atoms with Crippen molar-refractivity contribution in [2.45, 2.75) is 33.1 Å². The number of aliphatic hydroxyl groups is 2. The number of nitrogens with one attached hydrogen (secondary N) is 2. The molecule has 0 unspecified atom stereocenters. The van der Waals surface area contributed by atoms with Crippen LogP contribution in [0.25, 0.3) is 11.3 Å². The molecule has 0 atom stereocenters. The lowest BCUT2D eigenvalue weighted by Crippen LogP contribution is -2.35. The second-order valence-electron chi connectivity index (χ2n) is 11.6. The van der Waals surface area contributed by atoms with Crippen LogP contribution in [0.4, 0.5) is 17.2 Å². The van der Waals surface area contributed by atoms with E-state index in [4.69, 9.17) is 0 Å². The van der Waals surface area contributed by atoms with Crippen molar-refractivity contribution in [2.24, 2.45) is 7.05 Å². The summed E-state index contributed by atoms with van der Waals surface area (Å²) in [4.78, 5) is 44.8. The summed E-state index contributed by atoms with van der Waals surface area (Å²) < 4.78 is 1.44. The Labute approximate surface area is 257 Å². The SMILES string of the molecule is Cc1c(NC(=O)c2ccc(C(C)(C)C)cc2)cccc1-c1cn(C)c(=O)c(Nc2ccc(C(=O)N(CCO)CCO)cc2)n1. The van der Waals surface area contributed by atoms with E-state index in [9.17, 15) is 24.6 Å². The fourth-order valence-corrected chi connectivity index (χ4v) is 4.75. The zero-order valence-electron chi connectivity index (χ0n) is 25.7. The molecule has 1 heterocycles. The Kier molecular flexibility index (Phi) is 9.97. The van der Waals surface area contributed by atoms with E-state index in [0.29, 0.717) is 28.2 Å². The van der Waals surface area contributed by atoms with Gasteiger partial charge in [-0.25, -0.2) is 4.98 Å². The first-order chi connectivity index (χ1) is 20.9. The molecule has 230 valence electrons. The fraction of sp³-hybridized carbons (Fsp3) is 0.294. The van der Waals surface area contributed by atoms with E-state index in [0.717, 1.165) is 16.7 Å². The number of amides is 2. The quantitative estimate of drug-likeness (QED) is 0.212. The van der Waals surface area contributed by atoms with Gasteiger partial charge >= 0.3 is 0 Å². The minimum Gasteiger partial charge on any atom is -0.395 e. The van der Waals surface area contributed by atoms with Gasteiger partial charge in [0.05, 0.1) is 18.9 Å². The molecular formula is C34H39N5O5. The maximum atomic E-state index is 13.1. The van der Waals surface area contributed by atoms with Crippen molar-refractivity contribution >= 4 is 29.0 Å². The van der Waals surface area contributed by atoms with Crippen molar-refractivity contribution in [3.05, 3.63) is 106 Å². The van der Waals surface area contributed by atoms with Gasteiger partial charge in [0.1, 0.15) is 0 Å². The van der Waals surface area contributed by atoms with Crippen molar-refractivity contribution in [1.29, 1.82) is 0 Å². The number of benzene rings is 3. The highest BCUT2D eigenvalue weighted by Gasteiger charge is 2.18. The largest absolute Gasteiger partial charge is 0.395 e. The number of hydrogen-bond acceptors (Lipinski definition) is 7. The molecule has 0 bridgehead atoms. The van der Waals surface area contributed by atoms with Crippen LogP contribution in [-0.4, -0.2) is 62.8 Å². The van der Waals surface area contributed by atoms with Crippen LogP contribution >= 0.6 is 0 Å². The van der Waals surface area contributed by atoms with Gasteiger partial charge < -0.3 is 30.3 Å². The zero-order chi connectivity index (χ0) is 32.0. The fourth-order valence-electron chi connectivity index (χ4n) is 4.75. The van der Waals surface area contributed by atoms with Gasteiger partial charge in [-0.05, 0) is 65.9 Å². The van der Waals surface area contributed by atoms with Crippen LogP contribution in [0.15, 0.2) is 77.7 Å². The van der Waals surface area contributed by atoms with Crippen LogP contribution in [-0.2, 0) is 12.5 Å². The van der Waals surface area contributed by atoms with Crippen LogP contribution in [0, 0.1) is 6.92 Å². The number of aromatic nitrogens is 2. The third-order valence-corrected chi connectivity index (χ3v) is 7.36. The van der Waals surface area contributed by atoms with Crippen LogP contribution < -0.4 is 16.2 Å². The molecule has 0 saturated heterocycles. The number of carbonyl (C=O) groups is 2. The predicted octanol–water partition coefficient (Wildman–Crippen LogP) is 4.48. The molecule has 4 rings (SSSR count). The van der Waals surface area contributed by atoms with Gasteiger partial charge in [-0.2, -0.15) is 0 Å². The third-order valence-electron chi connectivity index (χ3n) is 7.36. The predicted molar refractivity (Wildman–Crippen MR) is 173 cm³/mol. The molecule has 4 N–H and O–H groups in total. The van der Waals surface area contributed by atoms with Crippen LogP contribution in [0.1, 0.15) is 52.6 Å². The zero-order valence-corrected chi connectivity index (χ0v) is 25.7. The highest BCUT2D eigenvalue weighted by Crippen LogP contribution is 2.29. The van der Waals surface area contributed by atoms with Crippen LogP contribution in [0.2, 0.25) is 0 Å². The Morgan fingerprint density at radius 3 is 2.11 bits per heavy atom. The van der Waals surface area contributed by atoms with Gasteiger partial charge in [-0.15, -0.1) is 0 Å². The Bertz CT molecular complexity index is 1680. The van der Waals surface area contributed by atoms with Gasteiger partial charge in [-0.1, -0.05) is 45.0 Å². The summed E-state index contributed by atoms with van der Waals surface area (Å²) in [5.41, 5.74) is 4.99. The molecule has 1 aromatic heterocycles. The van der Waals surface area contributed by atoms with E-state index in [1.165, 1.54) is 9.47 Å². The summed E-state index contributed by atoms with van der Waals surface area (Å²) in [6.07, 6.45) is 1.64. The minimum absolute atomic E-state index is 0.0118. The monoisotopic (exact) mass is 597 g/mol. The molecule has 0 saturated carbocycles. The number of aryl methyl sites for hydroxylation is 1. The smallest absolute Gasteiger partial charge is 0.293 e. The number of anilines is 3. The average molecular weight is 598 g/mol. The molecule has 0 aliphatic heterocycles. The number of carbonyl (C=O) groups excluding carboxylic acids is 2. The van der Waals surface area contributed by atoms with Gasteiger partial charge in [-0.3, -0.25) is 14.4 Å². The maximum Gasteiger partial charge on any atom is 0.293 e. The number of rotatable bonds is 10. The standard InChI is InChI=1S/C34H39N5O5/c1-22-27(7-6-8-28(22)37-31(42)23-9-13-25(14-10-23)34(2,3)4)29-21-38(5)33(44)30(36-29)35-26-15-11-24(12-16-26)32(43)39(17-19-40)18-20-41/h6-16,21,40-41H,17-20H2,1-5H3,(H,35,36)(H,37,42). The molecule has 10 heteroatoms. The Morgan fingerprint density at radius 1 is 0.909 bits per heavy atom. The van der Waals surface area contributed by atoms with E-state index in [2.05, 4.69) is 36.4 Å². The summed E-state index contributed by atoms with van der Waals surface area (Å²) in [6.45, 7) is 8.06. The molecule has 44 heavy (non-hydrogen) atoms. The van der Waals surface area contributed by atoms with Gasteiger partial charge in [0.15, 0.2) is 5.82 Å². The first-order valence-corrected chi connectivity index (χ1v) is 14.4. The second-order valence-corrected chi connectivity index (χ2v) is 11.6.